The third-order valence-corrected chi connectivity index (χ3v) is 9.29. The molecule has 4 nitrogen and oxygen atoms in total. The molecule has 0 aliphatic carbocycles. The van der Waals surface area contributed by atoms with E-state index in [9.17, 15) is 9.60 Å². The Morgan fingerprint density at radius 3 is 1.75 bits per heavy atom. The summed E-state index contributed by atoms with van der Waals surface area (Å²) in [6.45, 7) is 0. The first-order valence-electron chi connectivity index (χ1n) is 28.4. The molecule has 9 aromatic carbocycles. The molecule has 0 amide bonds. The highest BCUT2D eigenvalue weighted by Gasteiger charge is 2.23. The van der Waals surface area contributed by atoms with Gasteiger partial charge < -0.3 is 13.7 Å². The Labute approximate surface area is 360 Å². The van der Waals surface area contributed by atoms with Crippen molar-refractivity contribution >= 4 is 60.9 Å². The van der Waals surface area contributed by atoms with Crippen LogP contribution in [0.15, 0.2) is 215 Å². The number of anilines is 3. The van der Waals surface area contributed by atoms with Crippen LogP contribution in [0.4, 0.5) is 17.1 Å². The lowest BCUT2D eigenvalue weighted by Gasteiger charge is -2.28. The number of rotatable bonds is 7. The van der Waals surface area contributed by atoms with Gasteiger partial charge in [-0.25, -0.2) is 4.98 Å². The smallest absolute Gasteiger partial charge is 0.228 e. The second-order valence-electron chi connectivity index (χ2n) is 12.6. The molecule has 0 unspecified atom stereocenters. The Kier molecular flexibility index (Phi) is 4.14. The second-order valence-corrected chi connectivity index (χ2v) is 12.6. The number of benzene rings is 9. The van der Waals surface area contributed by atoms with Crippen LogP contribution < -0.4 is 4.90 Å². The molecular weight excluding hydrogens is 697 g/mol. The molecule has 0 spiro atoms. The van der Waals surface area contributed by atoms with Gasteiger partial charge in [0, 0.05) is 27.7 Å². The Balaban J connectivity index is 1.35. The molecule has 11 rings (SSSR count). The van der Waals surface area contributed by atoms with Crippen LogP contribution in [-0.2, 0) is 0 Å². The fourth-order valence-electron chi connectivity index (χ4n) is 6.82. The summed E-state index contributed by atoms with van der Waals surface area (Å²) in [7, 11) is 0. The maximum absolute atomic E-state index is 10.1. The summed E-state index contributed by atoms with van der Waals surface area (Å²) in [5, 5.41) is 1.54. The topological polar surface area (TPSA) is 42.4 Å². The lowest BCUT2D eigenvalue weighted by atomic mass is 9.96. The molecule has 268 valence electrons. The van der Waals surface area contributed by atoms with Crippen molar-refractivity contribution in [3.8, 4) is 44.8 Å². The number of furan rings is 1. The molecule has 0 N–H and O–H groups in total. The standard InChI is InChI=1S/C53H34N2O2/c1-4-14-35(15-5-1)38-26-29-42(30-27-38)55(43-33-40(36-16-6-2-7-17-36)32-41(34-43)37-18-8-3-9-19-37)47-23-13-25-49-51(47)44-31-28-39-20-12-21-45(50(39)52(44)56-49)53-54-46-22-10-11-24-48(46)57-53/h1-34H/i1D,2D,3D,4D,5D,6D,7D,8D,9D,14D,15D,16D,17D,18D,19D,26D,27D,29D,30D,32D,33D,34D. The van der Waals surface area contributed by atoms with Gasteiger partial charge in [0.25, 0.3) is 0 Å². The molecule has 0 atom stereocenters. The lowest BCUT2D eigenvalue weighted by Crippen LogP contribution is -2.10. The van der Waals surface area contributed by atoms with E-state index in [0.29, 0.717) is 32.8 Å². The van der Waals surface area contributed by atoms with Crippen molar-refractivity contribution in [2.24, 2.45) is 0 Å². The van der Waals surface area contributed by atoms with Crippen LogP contribution in [0.25, 0.3) is 88.6 Å². The van der Waals surface area contributed by atoms with E-state index >= 15 is 0 Å². The van der Waals surface area contributed by atoms with Crippen molar-refractivity contribution in [1.29, 1.82) is 0 Å². The highest BCUT2D eigenvalue weighted by Crippen LogP contribution is 2.47. The molecule has 0 fully saturated rings. The van der Waals surface area contributed by atoms with Gasteiger partial charge in [-0.3, -0.25) is 0 Å². The molecule has 2 heterocycles. The van der Waals surface area contributed by atoms with Crippen molar-refractivity contribution in [1.82, 2.24) is 4.98 Å². The lowest BCUT2D eigenvalue weighted by molar-refractivity contribution is 0.620. The van der Waals surface area contributed by atoms with Gasteiger partial charge in [0.05, 0.1) is 41.2 Å². The predicted octanol–water partition coefficient (Wildman–Crippen LogP) is 15.0. The summed E-state index contributed by atoms with van der Waals surface area (Å²) in [6.07, 6.45) is 0. The maximum atomic E-state index is 10.1. The van der Waals surface area contributed by atoms with E-state index < -0.39 is 178 Å². The number of nitrogens with zero attached hydrogens (tertiary/aromatic N) is 2. The monoisotopic (exact) mass is 752 g/mol. The molecule has 0 radical (unpaired) electrons. The van der Waals surface area contributed by atoms with Gasteiger partial charge >= 0.3 is 0 Å². The number of fused-ring (bicyclic) bond motifs is 6. The van der Waals surface area contributed by atoms with E-state index in [2.05, 4.69) is 0 Å². The minimum atomic E-state index is -1.01. The van der Waals surface area contributed by atoms with Crippen LogP contribution in [0, 0.1) is 0 Å². The second kappa shape index (κ2) is 13.6. The molecule has 57 heavy (non-hydrogen) atoms. The van der Waals surface area contributed by atoms with E-state index in [1.165, 1.54) is 12.1 Å². The highest BCUT2D eigenvalue weighted by atomic mass is 16.3. The van der Waals surface area contributed by atoms with E-state index in [1.54, 1.807) is 54.6 Å². The third kappa shape index (κ3) is 5.74. The fourth-order valence-corrected chi connectivity index (χ4v) is 6.82. The van der Waals surface area contributed by atoms with Crippen LogP contribution in [0.5, 0.6) is 0 Å². The van der Waals surface area contributed by atoms with Crippen molar-refractivity contribution < 1.29 is 39.0 Å². The average molecular weight is 753 g/mol. The van der Waals surface area contributed by atoms with Crippen molar-refractivity contribution in [2.75, 3.05) is 4.90 Å². The van der Waals surface area contributed by atoms with E-state index in [-0.39, 0.29) is 28.1 Å². The molecule has 0 saturated carbocycles. The number of hydrogen-bond donors (Lipinski definition) is 0. The Bertz CT molecular complexity index is 4310. The zero-order chi connectivity index (χ0) is 56.9. The molecular formula is C53H34N2O2. The number of aromatic nitrogens is 1. The summed E-state index contributed by atoms with van der Waals surface area (Å²) in [6, 6.07) is -0.178. The maximum Gasteiger partial charge on any atom is 0.228 e. The first-order chi connectivity index (χ1) is 37.4. The third-order valence-electron chi connectivity index (χ3n) is 9.29. The largest absolute Gasteiger partial charge is 0.455 e. The number of hydrogen-bond acceptors (Lipinski definition) is 4. The molecule has 0 aliphatic rings. The van der Waals surface area contributed by atoms with E-state index in [1.807, 2.05) is 6.07 Å². The molecule has 4 heteroatoms. The number of para-hydroxylation sites is 2. The Hall–Kier alpha value is -7.69. The van der Waals surface area contributed by atoms with Gasteiger partial charge in [-0.15, -0.1) is 0 Å². The van der Waals surface area contributed by atoms with Gasteiger partial charge in [0.1, 0.15) is 16.7 Å². The Morgan fingerprint density at radius 2 is 1.07 bits per heavy atom. The first-order valence-corrected chi connectivity index (χ1v) is 17.4. The molecule has 2 aromatic heterocycles. The minimum Gasteiger partial charge on any atom is -0.455 e. The zero-order valence-corrected chi connectivity index (χ0v) is 29.1. The van der Waals surface area contributed by atoms with E-state index in [0.717, 1.165) is 4.90 Å². The first kappa shape index (κ1) is 17.4. The van der Waals surface area contributed by atoms with Crippen LogP contribution in [0.2, 0.25) is 0 Å². The van der Waals surface area contributed by atoms with Gasteiger partial charge in [-0.05, 0) is 105 Å². The van der Waals surface area contributed by atoms with Crippen LogP contribution in [0.1, 0.15) is 30.2 Å². The van der Waals surface area contributed by atoms with Gasteiger partial charge in [-0.1, -0.05) is 139 Å². The van der Waals surface area contributed by atoms with Gasteiger partial charge in [-0.2, -0.15) is 0 Å². The van der Waals surface area contributed by atoms with Crippen molar-refractivity contribution in [3.63, 3.8) is 0 Å². The molecule has 11 aromatic rings. The van der Waals surface area contributed by atoms with E-state index in [4.69, 9.17) is 34.4 Å². The zero-order valence-electron chi connectivity index (χ0n) is 51.1. The van der Waals surface area contributed by atoms with Gasteiger partial charge in [0.15, 0.2) is 5.58 Å². The van der Waals surface area contributed by atoms with Crippen LogP contribution >= 0.6 is 0 Å². The molecule has 0 saturated heterocycles. The van der Waals surface area contributed by atoms with Crippen molar-refractivity contribution in [2.45, 2.75) is 0 Å². The summed E-state index contributed by atoms with van der Waals surface area (Å²) >= 11 is 0. The SMILES string of the molecule is [2H]c1c([2H])c([2H])c(-c2c([2H])c([2H])c(N(c3c([2H])c(-c4c([2H])c([2H])c([2H])c([2H])c4[2H])c([2H])c(-c4c([2H])c([2H])c([2H])c([2H])c4[2H])c3[2H])c3cccc4oc5c(ccc6cccc(-c7nc8ccccc8o7)c65)c34)c([2H])c2[2H])c([2H])c1[2H]. The summed E-state index contributed by atoms with van der Waals surface area (Å²) in [5.74, 6) is 0.220. The van der Waals surface area contributed by atoms with Crippen molar-refractivity contribution in [3.05, 3.63) is 206 Å². The Morgan fingerprint density at radius 1 is 0.456 bits per heavy atom. The quantitative estimate of drug-likeness (QED) is 0.163. The summed E-state index contributed by atoms with van der Waals surface area (Å²) < 4.78 is 212. The minimum absolute atomic E-state index is 0.0789. The van der Waals surface area contributed by atoms with Crippen LogP contribution in [0.3, 0.4) is 0 Å². The number of oxazole rings is 1. The highest BCUT2D eigenvalue weighted by molar-refractivity contribution is 6.22. The molecule has 0 bridgehead atoms. The molecule has 0 aliphatic heterocycles. The normalized spacial score (nSPS) is 16.9. The predicted molar refractivity (Wildman–Crippen MR) is 235 cm³/mol. The summed E-state index contributed by atoms with van der Waals surface area (Å²) in [4.78, 5) is 5.64. The average Bonchev–Trinajstić information content (AvgIpc) is 3.90. The summed E-state index contributed by atoms with van der Waals surface area (Å²) in [5.41, 5.74) is -4.67. The van der Waals surface area contributed by atoms with Gasteiger partial charge in [0.2, 0.25) is 5.89 Å². The fraction of sp³-hybridized carbons (Fsp3) is 0. The van der Waals surface area contributed by atoms with Crippen LogP contribution in [-0.4, -0.2) is 4.98 Å².